The lowest BCUT2D eigenvalue weighted by Gasteiger charge is -1.99. The molecule has 0 atom stereocenters. The Balaban J connectivity index is 2.15. The molecule has 0 amide bonds. The van der Waals surface area contributed by atoms with Gasteiger partial charge in [0.1, 0.15) is 5.01 Å². The van der Waals surface area contributed by atoms with Crippen LogP contribution >= 0.6 is 33.9 Å². The maximum atomic E-state index is 4.90. The molecule has 0 aliphatic rings. The Morgan fingerprint density at radius 2 is 2.58 bits per heavy atom. The summed E-state index contributed by atoms with van der Waals surface area (Å²) in [6.07, 6.45) is 1.89. The summed E-state index contributed by atoms with van der Waals surface area (Å²) in [7, 11) is 1.70. The smallest absolute Gasteiger partial charge is 0.107 e. The van der Waals surface area contributed by atoms with Gasteiger partial charge in [-0.2, -0.15) is 0 Å². The van der Waals surface area contributed by atoms with Gasteiger partial charge in [0.05, 0.1) is 15.7 Å². The lowest BCUT2D eigenvalue weighted by atomic mass is 10.6. The Morgan fingerprint density at radius 3 is 3.17 bits per heavy atom. The molecule has 1 N–H and O–H groups in total. The zero-order valence-electron chi connectivity index (χ0n) is 6.84. The van der Waals surface area contributed by atoms with Gasteiger partial charge in [0.15, 0.2) is 0 Å². The van der Waals surface area contributed by atoms with Crippen molar-refractivity contribution in [2.75, 3.05) is 20.3 Å². The van der Waals surface area contributed by atoms with Crippen LogP contribution in [0.25, 0.3) is 0 Å². The SMILES string of the molecule is COCCNCc1ncc(I)s1. The van der Waals surface area contributed by atoms with Crippen molar-refractivity contribution in [3.8, 4) is 0 Å². The first-order valence-corrected chi connectivity index (χ1v) is 5.52. The molecular formula is C7H11IN2OS. The van der Waals surface area contributed by atoms with Gasteiger partial charge < -0.3 is 10.1 Å². The molecule has 1 aromatic rings. The van der Waals surface area contributed by atoms with Crippen molar-refractivity contribution in [1.82, 2.24) is 10.3 Å². The largest absolute Gasteiger partial charge is 0.383 e. The van der Waals surface area contributed by atoms with Crippen LogP contribution in [-0.4, -0.2) is 25.2 Å². The van der Waals surface area contributed by atoms with Gasteiger partial charge in [0, 0.05) is 20.2 Å². The minimum Gasteiger partial charge on any atom is -0.383 e. The molecule has 12 heavy (non-hydrogen) atoms. The molecule has 0 unspecified atom stereocenters. The first-order chi connectivity index (χ1) is 5.83. The third-order valence-corrected chi connectivity index (χ3v) is 3.01. The van der Waals surface area contributed by atoms with Crippen LogP contribution in [0.1, 0.15) is 5.01 Å². The molecule has 0 aliphatic carbocycles. The third-order valence-electron chi connectivity index (χ3n) is 1.28. The first-order valence-electron chi connectivity index (χ1n) is 3.63. The molecule has 0 radical (unpaired) electrons. The number of rotatable bonds is 5. The number of nitrogens with zero attached hydrogens (tertiary/aromatic N) is 1. The molecule has 1 heterocycles. The van der Waals surface area contributed by atoms with Crippen LogP contribution in [0.15, 0.2) is 6.20 Å². The van der Waals surface area contributed by atoms with Gasteiger partial charge >= 0.3 is 0 Å². The van der Waals surface area contributed by atoms with Crippen molar-refractivity contribution in [2.24, 2.45) is 0 Å². The molecule has 0 spiro atoms. The summed E-state index contributed by atoms with van der Waals surface area (Å²) in [5, 5.41) is 4.37. The van der Waals surface area contributed by atoms with E-state index in [1.807, 2.05) is 6.20 Å². The van der Waals surface area contributed by atoms with Crippen LogP contribution in [0.4, 0.5) is 0 Å². The second-order valence-electron chi connectivity index (χ2n) is 2.23. The summed E-state index contributed by atoms with van der Waals surface area (Å²) in [5.74, 6) is 0. The lowest BCUT2D eigenvalue weighted by molar-refractivity contribution is 0.199. The van der Waals surface area contributed by atoms with Crippen LogP contribution in [0.5, 0.6) is 0 Å². The summed E-state index contributed by atoms with van der Waals surface area (Å²) in [5.41, 5.74) is 0. The van der Waals surface area contributed by atoms with E-state index >= 15 is 0 Å². The highest BCUT2D eigenvalue weighted by molar-refractivity contribution is 14.1. The predicted octanol–water partition coefficient (Wildman–Crippen LogP) is 1.48. The van der Waals surface area contributed by atoms with E-state index in [1.165, 1.54) is 2.88 Å². The molecule has 3 nitrogen and oxygen atoms in total. The second-order valence-corrected chi connectivity index (χ2v) is 5.24. The number of nitrogens with one attached hydrogen (secondary N) is 1. The topological polar surface area (TPSA) is 34.1 Å². The fourth-order valence-corrected chi connectivity index (χ4v) is 2.25. The van der Waals surface area contributed by atoms with Gasteiger partial charge in [0.2, 0.25) is 0 Å². The summed E-state index contributed by atoms with van der Waals surface area (Å²) >= 11 is 3.99. The molecule has 68 valence electrons. The van der Waals surface area contributed by atoms with Gasteiger partial charge in [-0.25, -0.2) is 4.98 Å². The Bertz CT molecular complexity index is 229. The monoisotopic (exact) mass is 298 g/mol. The number of hydrogen-bond donors (Lipinski definition) is 1. The molecule has 0 saturated heterocycles. The van der Waals surface area contributed by atoms with Crippen molar-refractivity contribution in [1.29, 1.82) is 0 Å². The fourth-order valence-electron chi connectivity index (χ4n) is 0.739. The summed E-state index contributed by atoms with van der Waals surface area (Å²) < 4.78 is 6.14. The van der Waals surface area contributed by atoms with E-state index in [9.17, 15) is 0 Å². The molecule has 1 rings (SSSR count). The van der Waals surface area contributed by atoms with Crippen molar-refractivity contribution < 1.29 is 4.74 Å². The molecule has 0 saturated carbocycles. The van der Waals surface area contributed by atoms with Crippen LogP contribution < -0.4 is 5.32 Å². The van der Waals surface area contributed by atoms with E-state index in [0.717, 1.165) is 24.7 Å². The van der Waals surface area contributed by atoms with E-state index < -0.39 is 0 Å². The van der Waals surface area contributed by atoms with Crippen LogP contribution in [0.3, 0.4) is 0 Å². The van der Waals surface area contributed by atoms with E-state index in [0.29, 0.717) is 0 Å². The van der Waals surface area contributed by atoms with Crippen LogP contribution in [0, 0.1) is 2.88 Å². The normalized spacial score (nSPS) is 10.5. The highest BCUT2D eigenvalue weighted by Gasteiger charge is 1.97. The molecular weight excluding hydrogens is 287 g/mol. The van der Waals surface area contributed by atoms with Crippen molar-refractivity contribution in [3.63, 3.8) is 0 Å². The molecule has 1 aromatic heterocycles. The van der Waals surface area contributed by atoms with Crippen molar-refractivity contribution in [3.05, 3.63) is 14.1 Å². The van der Waals surface area contributed by atoms with Crippen molar-refractivity contribution >= 4 is 33.9 Å². The number of aromatic nitrogens is 1. The fraction of sp³-hybridized carbons (Fsp3) is 0.571. The van der Waals surface area contributed by atoms with Crippen molar-refractivity contribution in [2.45, 2.75) is 6.54 Å². The zero-order chi connectivity index (χ0) is 8.81. The minimum atomic E-state index is 0.752. The predicted molar refractivity (Wildman–Crippen MR) is 58.4 cm³/mol. The number of thiazole rings is 1. The van der Waals surface area contributed by atoms with Gasteiger partial charge in [-0.05, 0) is 22.6 Å². The van der Waals surface area contributed by atoms with Crippen LogP contribution in [-0.2, 0) is 11.3 Å². The molecule has 0 aromatic carbocycles. The highest BCUT2D eigenvalue weighted by Crippen LogP contribution is 2.14. The summed E-state index contributed by atoms with van der Waals surface area (Å²) in [4.78, 5) is 4.22. The lowest BCUT2D eigenvalue weighted by Crippen LogP contribution is -2.18. The summed E-state index contributed by atoms with van der Waals surface area (Å²) in [6.45, 7) is 2.48. The number of methoxy groups -OCH3 is 1. The average Bonchev–Trinajstić information content (AvgIpc) is 2.45. The molecule has 0 fully saturated rings. The Kier molecular flexibility index (Phi) is 5.05. The van der Waals surface area contributed by atoms with Gasteiger partial charge in [0.25, 0.3) is 0 Å². The van der Waals surface area contributed by atoms with Crippen LogP contribution in [0.2, 0.25) is 0 Å². The highest BCUT2D eigenvalue weighted by atomic mass is 127. The number of hydrogen-bond acceptors (Lipinski definition) is 4. The maximum absolute atomic E-state index is 4.90. The van der Waals surface area contributed by atoms with E-state index in [-0.39, 0.29) is 0 Å². The minimum absolute atomic E-state index is 0.752. The number of ether oxygens (including phenoxy) is 1. The molecule has 0 aliphatic heterocycles. The van der Waals surface area contributed by atoms with E-state index in [4.69, 9.17) is 4.74 Å². The third kappa shape index (κ3) is 3.79. The molecule has 5 heteroatoms. The Hall–Kier alpha value is 0.280. The summed E-state index contributed by atoms with van der Waals surface area (Å²) in [6, 6.07) is 0. The molecule has 0 bridgehead atoms. The zero-order valence-corrected chi connectivity index (χ0v) is 9.81. The quantitative estimate of drug-likeness (QED) is 0.660. The van der Waals surface area contributed by atoms with Gasteiger partial charge in [-0.15, -0.1) is 11.3 Å². The van der Waals surface area contributed by atoms with E-state index in [2.05, 4.69) is 32.9 Å². The van der Waals surface area contributed by atoms with Gasteiger partial charge in [-0.1, -0.05) is 0 Å². The Labute approximate surface area is 89.7 Å². The standard InChI is InChI=1S/C7H11IN2OS/c1-11-3-2-9-5-7-10-4-6(8)12-7/h4,9H,2-3,5H2,1H3. The van der Waals surface area contributed by atoms with E-state index in [1.54, 1.807) is 18.4 Å². The number of halogens is 1. The second kappa shape index (κ2) is 5.85. The Morgan fingerprint density at radius 1 is 1.75 bits per heavy atom. The first kappa shape index (κ1) is 10.4. The maximum Gasteiger partial charge on any atom is 0.107 e. The average molecular weight is 298 g/mol. The van der Waals surface area contributed by atoms with Gasteiger partial charge in [-0.3, -0.25) is 0 Å².